The van der Waals surface area contributed by atoms with Crippen molar-refractivity contribution in [3.05, 3.63) is 26.6 Å². The Morgan fingerprint density at radius 3 is 2.60 bits per heavy atom. The highest BCUT2D eigenvalue weighted by Gasteiger charge is 2.18. The fraction of sp³-hybridized carbons (Fsp3) is 0.385. The molecule has 0 aliphatic carbocycles. The van der Waals surface area contributed by atoms with Gasteiger partial charge >= 0.3 is 5.97 Å². The summed E-state index contributed by atoms with van der Waals surface area (Å²) in [6.45, 7) is 2.36. The van der Waals surface area contributed by atoms with Gasteiger partial charge in [0.05, 0.1) is 11.3 Å². The lowest BCUT2D eigenvalue weighted by molar-refractivity contribution is -0.117. The van der Waals surface area contributed by atoms with Crippen molar-refractivity contribution in [2.24, 2.45) is 5.92 Å². The second-order valence-electron chi connectivity index (χ2n) is 4.43. The first-order valence-corrected chi connectivity index (χ1v) is 7.44. The van der Waals surface area contributed by atoms with Crippen LogP contribution in [0.15, 0.2) is 21.1 Å². The molecule has 0 bridgehead atoms. The van der Waals surface area contributed by atoms with Crippen LogP contribution in [-0.4, -0.2) is 30.7 Å². The first-order chi connectivity index (χ1) is 9.35. The van der Waals surface area contributed by atoms with Gasteiger partial charge in [-0.25, -0.2) is 4.79 Å². The van der Waals surface area contributed by atoms with Crippen LogP contribution in [0.3, 0.4) is 0 Å². The quantitative estimate of drug-likeness (QED) is 0.754. The van der Waals surface area contributed by atoms with Gasteiger partial charge in [0.2, 0.25) is 5.91 Å². The average Bonchev–Trinajstić information content (AvgIpc) is 2.32. The topological polar surface area (TPSA) is 75.6 Å². The third-order valence-corrected chi connectivity index (χ3v) is 3.62. The molecule has 1 rings (SSSR count). The van der Waals surface area contributed by atoms with E-state index in [4.69, 9.17) is 4.74 Å². The summed E-state index contributed by atoms with van der Waals surface area (Å²) >= 11 is 6.48. The number of halogens is 2. The summed E-state index contributed by atoms with van der Waals surface area (Å²) in [5.41, 5.74) is 0.286. The number of amides is 1. The van der Waals surface area contributed by atoms with Crippen LogP contribution in [0.2, 0.25) is 0 Å². The van der Waals surface area contributed by atoms with Crippen molar-refractivity contribution >= 4 is 49.4 Å². The summed E-state index contributed by atoms with van der Waals surface area (Å²) < 4.78 is 6.10. The van der Waals surface area contributed by atoms with Crippen molar-refractivity contribution in [1.29, 1.82) is 0 Å². The van der Waals surface area contributed by atoms with Crippen LogP contribution >= 0.6 is 31.9 Å². The van der Waals surface area contributed by atoms with E-state index in [1.165, 1.54) is 6.07 Å². The minimum atomic E-state index is -1.10. The number of methoxy groups -OCH3 is 1. The monoisotopic (exact) mass is 407 g/mol. The highest BCUT2D eigenvalue weighted by Crippen LogP contribution is 2.31. The van der Waals surface area contributed by atoms with E-state index >= 15 is 0 Å². The minimum absolute atomic E-state index is 0.0268. The predicted octanol–water partition coefficient (Wildman–Crippen LogP) is 3.52. The lowest BCUT2D eigenvalue weighted by Gasteiger charge is -2.14. The van der Waals surface area contributed by atoms with Gasteiger partial charge in [0.15, 0.2) is 0 Å². The Kier molecular flexibility index (Phi) is 6.64. The largest absolute Gasteiger partial charge is 0.478 e. The number of carboxylic acid groups (broad SMARTS) is 1. The number of hydrogen-bond acceptors (Lipinski definition) is 3. The molecule has 1 unspecified atom stereocenters. The Bertz CT molecular complexity index is 519. The van der Waals surface area contributed by atoms with E-state index in [0.29, 0.717) is 15.6 Å². The standard InChI is InChI=1S/C13H15Br2NO4/c1-7(6-20-2)3-11(17)16-12-9(13(18)19)4-8(14)5-10(12)15/h4-5,7H,3,6H2,1-2H3,(H,16,17)(H,18,19). The molecule has 1 atom stereocenters. The summed E-state index contributed by atoms with van der Waals surface area (Å²) in [5.74, 6) is -1.30. The number of rotatable bonds is 6. The van der Waals surface area contributed by atoms with E-state index in [9.17, 15) is 14.7 Å². The first kappa shape index (κ1) is 17.1. The molecule has 0 heterocycles. The molecule has 0 spiro atoms. The molecule has 7 heteroatoms. The van der Waals surface area contributed by atoms with E-state index in [-0.39, 0.29) is 29.5 Å². The molecule has 0 aliphatic heterocycles. The Balaban J connectivity index is 2.91. The van der Waals surface area contributed by atoms with E-state index in [1.807, 2.05) is 6.92 Å². The molecular weight excluding hydrogens is 394 g/mol. The molecule has 1 aromatic rings. The van der Waals surface area contributed by atoms with E-state index < -0.39 is 5.97 Å². The second-order valence-corrected chi connectivity index (χ2v) is 6.20. The highest BCUT2D eigenvalue weighted by atomic mass is 79.9. The molecule has 0 aliphatic rings. The van der Waals surface area contributed by atoms with Crippen LogP contribution in [0.1, 0.15) is 23.7 Å². The number of carbonyl (C=O) groups is 2. The van der Waals surface area contributed by atoms with Crippen LogP contribution in [0.25, 0.3) is 0 Å². The lowest BCUT2D eigenvalue weighted by Crippen LogP contribution is -2.19. The number of aromatic carboxylic acids is 1. The second kappa shape index (κ2) is 7.75. The normalized spacial score (nSPS) is 12.0. The SMILES string of the molecule is COCC(C)CC(=O)Nc1c(Br)cc(Br)cc1C(=O)O. The van der Waals surface area contributed by atoms with Gasteiger partial charge in [-0.3, -0.25) is 4.79 Å². The molecule has 1 aromatic carbocycles. The molecular formula is C13H15Br2NO4. The van der Waals surface area contributed by atoms with E-state index in [1.54, 1.807) is 13.2 Å². The fourth-order valence-electron chi connectivity index (χ4n) is 1.72. The first-order valence-electron chi connectivity index (χ1n) is 5.86. The zero-order valence-corrected chi connectivity index (χ0v) is 14.2. The maximum atomic E-state index is 11.9. The van der Waals surface area contributed by atoms with Crippen molar-refractivity contribution in [2.45, 2.75) is 13.3 Å². The number of ether oxygens (including phenoxy) is 1. The van der Waals surface area contributed by atoms with Crippen LogP contribution in [0.5, 0.6) is 0 Å². The molecule has 0 saturated carbocycles. The summed E-state index contributed by atoms with van der Waals surface area (Å²) in [7, 11) is 1.57. The molecule has 0 fully saturated rings. The van der Waals surface area contributed by atoms with Gasteiger partial charge in [0.1, 0.15) is 0 Å². The summed E-state index contributed by atoms with van der Waals surface area (Å²) in [6, 6.07) is 3.13. The van der Waals surface area contributed by atoms with E-state index in [2.05, 4.69) is 37.2 Å². The minimum Gasteiger partial charge on any atom is -0.478 e. The zero-order chi connectivity index (χ0) is 15.3. The van der Waals surface area contributed by atoms with Gasteiger partial charge in [-0.2, -0.15) is 0 Å². The Morgan fingerprint density at radius 2 is 2.05 bits per heavy atom. The van der Waals surface area contributed by atoms with Crippen molar-refractivity contribution in [3.63, 3.8) is 0 Å². The smallest absolute Gasteiger partial charge is 0.337 e. The van der Waals surface area contributed by atoms with Gasteiger partial charge in [-0.05, 0) is 34.0 Å². The molecule has 0 aromatic heterocycles. The summed E-state index contributed by atoms with van der Waals surface area (Å²) in [5, 5.41) is 11.8. The predicted molar refractivity (Wildman–Crippen MR) is 83.1 cm³/mol. The number of benzene rings is 1. The van der Waals surface area contributed by atoms with Crippen LogP contribution in [0.4, 0.5) is 5.69 Å². The molecule has 5 nitrogen and oxygen atoms in total. The molecule has 0 radical (unpaired) electrons. The maximum Gasteiger partial charge on any atom is 0.337 e. The number of nitrogens with one attached hydrogen (secondary N) is 1. The molecule has 1 amide bonds. The fourth-order valence-corrected chi connectivity index (χ4v) is 3.04. The Morgan fingerprint density at radius 1 is 1.40 bits per heavy atom. The van der Waals surface area contributed by atoms with Gasteiger partial charge in [-0.1, -0.05) is 22.9 Å². The molecule has 2 N–H and O–H groups in total. The lowest BCUT2D eigenvalue weighted by atomic mass is 10.1. The highest BCUT2D eigenvalue weighted by molar-refractivity contribution is 9.11. The number of hydrogen-bond donors (Lipinski definition) is 2. The van der Waals surface area contributed by atoms with Gasteiger partial charge in [0.25, 0.3) is 0 Å². The Hall–Kier alpha value is -0.920. The summed E-state index contributed by atoms with van der Waals surface area (Å²) in [4.78, 5) is 23.1. The van der Waals surface area contributed by atoms with Gasteiger partial charge in [-0.15, -0.1) is 0 Å². The zero-order valence-electron chi connectivity index (χ0n) is 11.1. The third kappa shape index (κ3) is 4.88. The van der Waals surface area contributed by atoms with Crippen molar-refractivity contribution in [3.8, 4) is 0 Å². The van der Waals surface area contributed by atoms with Crippen LogP contribution in [0, 0.1) is 5.92 Å². The molecule has 0 saturated heterocycles. The maximum absolute atomic E-state index is 11.9. The van der Waals surface area contributed by atoms with Gasteiger partial charge < -0.3 is 15.2 Å². The third-order valence-electron chi connectivity index (χ3n) is 2.53. The van der Waals surface area contributed by atoms with Crippen LogP contribution in [-0.2, 0) is 9.53 Å². The Labute approximate surface area is 134 Å². The van der Waals surface area contributed by atoms with Crippen LogP contribution < -0.4 is 5.32 Å². The number of anilines is 1. The van der Waals surface area contributed by atoms with E-state index in [0.717, 1.165) is 0 Å². The van der Waals surface area contributed by atoms with Gasteiger partial charge in [0, 0.05) is 29.1 Å². The molecule has 110 valence electrons. The number of carboxylic acids is 1. The van der Waals surface area contributed by atoms with Crippen molar-refractivity contribution in [2.75, 3.05) is 19.0 Å². The molecule has 20 heavy (non-hydrogen) atoms. The summed E-state index contributed by atoms with van der Waals surface area (Å²) in [6.07, 6.45) is 0.259. The number of carbonyl (C=O) groups excluding carboxylic acids is 1. The van der Waals surface area contributed by atoms with Crippen molar-refractivity contribution in [1.82, 2.24) is 0 Å². The average molecular weight is 409 g/mol. The van der Waals surface area contributed by atoms with Crippen molar-refractivity contribution < 1.29 is 19.4 Å².